The molecule has 1 aromatic carbocycles. The summed E-state index contributed by atoms with van der Waals surface area (Å²) in [6.07, 6.45) is 1.51. The van der Waals surface area contributed by atoms with E-state index in [0.29, 0.717) is 5.56 Å². The molecule has 0 heterocycles. The number of hydrogen-bond acceptors (Lipinski definition) is 2. The summed E-state index contributed by atoms with van der Waals surface area (Å²) < 4.78 is 7.78. The largest absolute Gasteiger partial charge is 0.442 e. The van der Waals surface area contributed by atoms with Crippen molar-refractivity contribution < 1.29 is 14.1 Å². The first-order valence-corrected chi connectivity index (χ1v) is 5.29. The molecule has 3 nitrogen and oxygen atoms in total. The Kier molecular flexibility index (Phi) is 4.49. The van der Waals surface area contributed by atoms with E-state index in [4.69, 9.17) is 4.74 Å². The fourth-order valence-corrected chi connectivity index (χ4v) is 1.25. The van der Waals surface area contributed by atoms with Crippen molar-refractivity contribution in [2.45, 2.75) is 0 Å². The molecule has 0 bridgehead atoms. The summed E-state index contributed by atoms with van der Waals surface area (Å²) in [6, 6.07) is 7.21. The topological polar surface area (TPSA) is 29.3 Å². The smallest absolute Gasteiger partial charge is 0.323 e. The number of Topliss-reactive ketones (excluding diaryl/α,β-unsaturated/α-hetero) is 1. The zero-order valence-corrected chi connectivity index (χ0v) is 10.3. The first-order valence-electron chi connectivity index (χ1n) is 4.50. The SMILES string of the molecule is C[N+](C)=COCC(=O)c1ccc(Br)cc1. The van der Waals surface area contributed by atoms with E-state index >= 15 is 0 Å². The van der Waals surface area contributed by atoms with E-state index in [1.165, 1.54) is 6.40 Å². The van der Waals surface area contributed by atoms with Crippen molar-refractivity contribution in [1.82, 2.24) is 0 Å². The fraction of sp³-hybridized carbons (Fsp3) is 0.273. The van der Waals surface area contributed by atoms with Crippen LogP contribution in [-0.4, -0.2) is 37.5 Å². The molecular weight excluding hydrogens is 258 g/mol. The van der Waals surface area contributed by atoms with Gasteiger partial charge in [-0.05, 0) is 12.1 Å². The van der Waals surface area contributed by atoms with Crippen LogP contribution in [0, 0.1) is 0 Å². The number of benzene rings is 1. The molecule has 0 radical (unpaired) electrons. The van der Waals surface area contributed by atoms with Crippen LogP contribution < -0.4 is 0 Å². The maximum absolute atomic E-state index is 11.6. The number of nitrogens with zero attached hydrogens (tertiary/aromatic N) is 1. The number of halogens is 1. The summed E-state index contributed by atoms with van der Waals surface area (Å²) in [6.45, 7) is 0.0693. The van der Waals surface area contributed by atoms with Crippen molar-refractivity contribution in [3.8, 4) is 0 Å². The first-order chi connectivity index (χ1) is 7.09. The molecule has 0 spiro atoms. The molecule has 80 valence electrons. The molecule has 15 heavy (non-hydrogen) atoms. The maximum Gasteiger partial charge on any atom is 0.323 e. The van der Waals surface area contributed by atoms with Crippen LogP contribution in [0.3, 0.4) is 0 Å². The van der Waals surface area contributed by atoms with Gasteiger partial charge in [0.2, 0.25) is 0 Å². The molecule has 4 heteroatoms. The second kappa shape index (κ2) is 5.66. The highest BCUT2D eigenvalue weighted by Crippen LogP contribution is 2.10. The van der Waals surface area contributed by atoms with Gasteiger partial charge in [-0.2, -0.15) is 0 Å². The van der Waals surface area contributed by atoms with Gasteiger partial charge < -0.3 is 4.74 Å². The van der Waals surface area contributed by atoms with Crippen LogP contribution in [-0.2, 0) is 4.74 Å². The quantitative estimate of drug-likeness (QED) is 0.362. The first kappa shape index (κ1) is 11.9. The number of hydrogen-bond donors (Lipinski definition) is 0. The Bertz CT molecular complexity index is 367. The van der Waals surface area contributed by atoms with Crippen molar-refractivity contribution in [3.63, 3.8) is 0 Å². The summed E-state index contributed by atoms with van der Waals surface area (Å²) in [5.74, 6) is -0.0272. The Hall–Kier alpha value is -1.16. The third kappa shape index (κ3) is 4.25. The number of carbonyl (C=O) groups excluding carboxylic acids is 1. The van der Waals surface area contributed by atoms with Crippen LogP contribution in [0.4, 0.5) is 0 Å². The second-order valence-electron chi connectivity index (χ2n) is 3.31. The highest BCUT2D eigenvalue weighted by molar-refractivity contribution is 9.10. The monoisotopic (exact) mass is 270 g/mol. The van der Waals surface area contributed by atoms with Gasteiger partial charge >= 0.3 is 6.40 Å². The Morgan fingerprint density at radius 3 is 2.53 bits per heavy atom. The normalized spacial score (nSPS) is 9.53. The molecule has 0 saturated carbocycles. The molecule has 0 N–H and O–H groups in total. The molecule has 1 rings (SSSR count). The highest BCUT2D eigenvalue weighted by Gasteiger charge is 2.05. The second-order valence-corrected chi connectivity index (χ2v) is 4.23. The van der Waals surface area contributed by atoms with Crippen molar-refractivity contribution in [3.05, 3.63) is 34.3 Å². The summed E-state index contributed by atoms with van der Waals surface area (Å²) in [5.41, 5.74) is 0.658. The highest BCUT2D eigenvalue weighted by atomic mass is 79.9. The van der Waals surface area contributed by atoms with Crippen molar-refractivity contribution in [2.75, 3.05) is 20.7 Å². The number of rotatable bonds is 4. The Labute approximate surface area is 97.5 Å². The zero-order chi connectivity index (χ0) is 11.3. The van der Waals surface area contributed by atoms with Gasteiger partial charge in [-0.1, -0.05) is 28.1 Å². The lowest BCUT2D eigenvalue weighted by atomic mass is 10.1. The van der Waals surface area contributed by atoms with Gasteiger partial charge in [0.15, 0.2) is 12.4 Å². The summed E-state index contributed by atoms with van der Waals surface area (Å²) in [7, 11) is 3.67. The molecule has 1 aromatic rings. The van der Waals surface area contributed by atoms with Gasteiger partial charge in [-0.15, -0.1) is 0 Å². The molecule has 0 unspecified atom stereocenters. The Morgan fingerprint density at radius 2 is 2.00 bits per heavy atom. The van der Waals surface area contributed by atoms with E-state index in [-0.39, 0.29) is 12.4 Å². The third-order valence-electron chi connectivity index (χ3n) is 1.67. The summed E-state index contributed by atoms with van der Waals surface area (Å²) in [5, 5.41) is 0. The van der Waals surface area contributed by atoms with Crippen LogP contribution in [0.15, 0.2) is 28.7 Å². The maximum atomic E-state index is 11.6. The molecular formula is C11H13BrNO2+. The van der Waals surface area contributed by atoms with E-state index in [9.17, 15) is 4.79 Å². The zero-order valence-electron chi connectivity index (χ0n) is 8.74. The molecule has 0 saturated heterocycles. The predicted octanol–water partition coefficient (Wildman–Crippen LogP) is 1.95. The molecule has 0 aromatic heterocycles. The lowest BCUT2D eigenvalue weighted by molar-refractivity contribution is -0.468. The standard InChI is InChI=1S/C11H13BrNO2/c1-13(2)8-15-7-11(14)9-3-5-10(12)6-4-9/h3-6,8H,7H2,1-2H3/q+1. The van der Waals surface area contributed by atoms with Crippen LogP contribution in [0.2, 0.25) is 0 Å². The molecule has 0 fully saturated rings. The van der Waals surface area contributed by atoms with Gasteiger partial charge in [0.1, 0.15) is 14.1 Å². The van der Waals surface area contributed by atoms with Crippen molar-refractivity contribution in [1.29, 1.82) is 0 Å². The number of carbonyl (C=O) groups is 1. The van der Waals surface area contributed by atoms with Gasteiger partial charge in [0, 0.05) is 10.0 Å². The minimum absolute atomic E-state index is 0.0272. The molecule has 0 aliphatic heterocycles. The predicted molar refractivity (Wildman–Crippen MR) is 62.6 cm³/mol. The average molecular weight is 271 g/mol. The molecule has 0 amide bonds. The van der Waals surface area contributed by atoms with Gasteiger partial charge in [-0.3, -0.25) is 4.79 Å². The van der Waals surface area contributed by atoms with Gasteiger partial charge in [0.05, 0.1) is 0 Å². The van der Waals surface area contributed by atoms with Gasteiger partial charge in [-0.25, -0.2) is 4.58 Å². The molecule has 0 aliphatic carbocycles. The summed E-state index contributed by atoms with van der Waals surface area (Å²) in [4.78, 5) is 11.6. The van der Waals surface area contributed by atoms with Gasteiger partial charge in [0.25, 0.3) is 0 Å². The Balaban J connectivity index is 2.54. The lowest BCUT2D eigenvalue weighted by Gasteiger charge is -1.99. The van der Waals surface area contributed by atoms with E-state index in [2.05, 4.69) is 15.9 Å². The minimum atomic E-state index is -0.0272. The van der Waals surface area contributed by atoms with E-state index in [0.717, 1.165) is 4.47 Å². The Morgan fingerprint density at radius 1 is 1.40 bits per heavy atom. The van der Waals surface area contributed by atoms with Crippen LogP contribution in [0.25, 0.3) is 0 Å². The van der Waals surface area contributed by atoms with E-state index in [1.54, 1.807) is 16.7 Å². The lowest BCUT2D eigenvalue weighted by Crippen LogP contribution is -2.11. The fourth-order valence-electron chi connectivity index (χ4n) is 0.981. The van der Waals surface area contributed by atoms with E-state index < -0.39 is 0 Å². The number of ketones is 1. The summed E-state index contributed by atoms with van der Waals surface area (Å²) >= 11 is 3.31. The van der Waals surface area contributed by atoms with Crippen molar-refractivity contribution >= 4 is 28.1 Å². The van der Waals surface area contributed by atoms with E-state index in [1.807, 2.05) is 26.2 Å². The van der Waals surface area contributed by atoms with Crippen molar-refractivity contribution in [2.24, 2.45) is 0 Å². The molecule has 0 atom stereocenters. The van der Waals surface area contributed by atoms with Crippen LogP contribution in [0.5, 0.6) is 0 Å². The average Bonchev–Trinajstić information content (AvgIpc) is 2.18. The minimum Gasteiger partial charge on any atom is -0.442 e. The van der Waals surface area contributed by atoms with Crippen LogP contribution >= 0.6 is 15.9 Å². The third-order valence-corrected chi connectivity index (χ3v) is 2.19. The molecule has 0 aliphatic rings. The number of ether oxygens (including phenoxy) is 1. The van der Waals surface area contributed by atoms with Crippen LogP contribution in [0.1, 0.15) is 10.4 Å².